The van der Waals surface area contributed by atoms with Crippen molar-refractivity contribution in [3.8, 4) is 5.69 Å². The van der Waals surface area contributed by atoms with Gasteiger partial charge in [0.25, 0.3) is 0 Å². The number of para-hydroxylation sites is 3. The molecule has 0 aliphatic carbocycles. The van der Waals surface area contributed by atoms with E-state index < -0.39 is 0 Å². The van der Waals surface area contributed by atoms with Gasteiger partial charge in [-0.3, -0.25) is 0 Å². The van der Waals surface area contributed by atoms with Crippen molar-refractivity contribution in [1.29, 1.82) is 0 Å². The molecule has 0 fully saturated rings. The van der Waals surface area contributed by atoms with Gasteiger partial charge in [0.15, 0.2) is 0 Å². The van der Waals surface area contributed by atoms with Gasteiger partial charge in [-0.25, -0.2) is 4.79 Å². The number of hydrogen-bond acceptors (Lipinski definition) is 1. The van der Waals surface area contributed by atoms with E-state index in [1.807, 2.05) is 120 Å². The van der Waals surface area contributed by atoms with Crippen molar-refractivity contribution < 1.29 is 4.79 Å². The SMILES string of the molecule is Cn1cccc1.O=C(Nc1ccccc1)Nc1ccccc1-n1cccc1. The van der Waals surface area contributed by atoms with E-state index >= 15 is 0 Å². The topological polar surface area (TPSA) is 51.0 Å². The average molecular weight is 358 g/mol. The van der Waals surface area contributed by atoms with Gasteiger partial charge in [-0.15, -0.1) is 0 Å². The van der Waals surface area contributed by atoms with E-state index in [4.69, 9.17) is 0 Å². The zero-order valence-corrected chi connectivity index (χ0v) is 15.1. The molecule has 5 nitrogen and oxygen atoms in total. The number of aromatic nitrogens is 2. The van der Waals surface area contributed by atoms with E-state index in [-0.39, 0.29) is 6.03 Å². The Balaban J connectivity index is 0.000000299. The summed E-state index contributed by atoms with van der Waals surface area (Å²) in [5.74, 6) is 0. The summed E-state index contributed by atoms with van der Waals surface area (Å²) in [5, 5.41) is 5.68. The van der Waals surface area contributed by atoms with Crippen LogP contribution in [-0.2, 0) is 7.05 Å². The van der Waals surface area contributed by atoms with E-state index in [1.54, 1.807) is 0 Å². The van der Waals surface area contributed by atoms with Crippen LogP contribution >= 0.6 is 0 Å². The number of nitrogens with zero attached hydrogens (tertiary/aromatic N) is 2. The minimum absolute atomic E-state index is 0.263. The molecular formula is C22H22N4O. The number of urea groups is 1. The first-order valence-corrected chi connectivity index (χ1v) is 8.65. The molecule has 0 unspecified atom stereocenters. The second-order valence-corrected chi connectivity index (χ2v) is 5.90. The molecule has 0 saturated heterocycles. The summed E-state index contributed by atoms with van der Waals surface area (Å²) in [6.07, 6.45) is 7.88. The first-order chi connectivity index (χ1) is 13.2. The zero-order valence-electron chi connectivity index (χ0n) is 15.1. The van der Waals surface area contributed by atoms with Gasteiger partial charge >= 0.3 is 6.03 Å². The second kappa shape index (κ2) is 9.10. The molecule has 2 aromatic heterocycles. The summed E-state index contributed by atoms with van der Waals surface area (Å²) < 4.78 is 3.96. The van der Waals surface area contributed by atoms with Crippen molar-refractivity contribution in [3.05, 3.63) is 104 Å². The molecule has 136 valence electrons. The highest BCUT2D eigenvalue weighted by Crippen LogP contribution is 2.20. The number of nitrogens with one attached hydrogen (secondary N) is 2. The highest BCUT2D eigenvalue weighted by atomic mass is 16.2. The quantitative estimate of drug-likeness (QED) is 0.523. The molecular weight excluding hydrogens is 336 g/mol. The summed E-state index contributed by atoms with van der Waals surface area (Å²) in [4.78, 5) is 12.1. The van der Waals surface area contributed by atoms with Crippen molar-refractivity contribution in [2.45, 2.75) is 0 Å². The molecule has 2 aromatic carbocycles. The van der Waals surface area contributed by atoms with Crippen LogP contribution in [0.3, 0.4) is 0 Å². The predicted molar refractivity (Wildman–Crippen MR) is 110 cm³/mol. The summed E-state index contributed by atoms with van der Waals surface area (Å²) >= 11 is 0. The maximum atomic E-state index is 12.1. The molecule has 0 bridgehead atoms. The smallest absolute Gasteiger partial charge is 0.323 e. The fraction of sp³-hybridized carbons (Fsp3) is 0.0455. The third-order valence-electron chi connectivity index (χ3n) is 3.82. The van der Waals surface area contributed by atoms with Crippen molar-refractivity contribution in [2.75, 3.05) is 10.6 Å². The standard InChI is InChI=1S/C17H15N3O.C5H7N/c21-17(18-14-8-2-1-3-9-14)19-15-10-4-5-11-16(15)20-12-6-7-13-20;1-6-4-2-3-5-6/h1-13H,(H2,18,19,21);2-5H,1H3. The number of carbonyl (C=O) groups is 1. The maximum absolute atomic E-state index is 12.1. The molecule has 0 radical (unpaired) electrons. The minimum atomic E-state index is -0.263. The largest absolute Gasteiger partial charge is 0.357 e. The van der Waals surface area contributed by atoms with Crippen molar-refractivity contribution in [1.82, 2.24) is 9.13 Å². The molecule has 2 heterocycles. The van der Waals surface area contributed by atoms with E-state index in [0.29, 0.717) is 0 Å². The van der Waals surface area contributed by atoms with E-state index in [1.165, 1.54) is 0 Å². The lowest BCUT2D eigenvalue weighted by atomic mass is 10.2. The molecule has 0 aliphatic rings. The summed E-state index contributed by atoms with van der Waals surface area (Å²) in [7, 11) is 2.00. The van der Waals surface area contributed by atoms with Crippen molar-refractivity contribution >= 4 is 17.4 Å². The Bertz CT molecular complexity index is 945. The van der Waals surface area contributed by atoms with Gasteiger partial charge in [-0.1, -0.05) is 30.3 Å². The molecule has 0 spiro atoms. The monoisotopic (exact) mass is 358 g/mol. The third kappa shape index (κ3) is 5.37. The van der Waals surface area contributed by atoms with Gasteiger partial charge in [-0.05, 0) is 48.5 Å². The third-order valence-corrected chi connectivity index (χ3v) is 3.82. The van der Waals surface area contributed by atoms with Gasteiger partial charge in [0, 0.05) is 37.5 Å². The van der Waals surface area contributed by atoms with Crippen LogP contribution in [0.5, 0.6) is 0 Å². The predicted octanol–water partition coefficient (Wildman–Crippen LogP) is 5.15. The van der Waals surface area contributed by atoms with Crippen molar-refractivity contribution in [3.63, 3.8) is 0 Å². The molecule has 27 heavy (non-hydrogen) atoms. The molecule has 4 rings (SSSR count). The van der Waals surface area contributed by atoms with Crippen LogP contribution < -0.4 is 10.6 Å². The van der Waals surface area contributed by atoms with Crippen molar-refractivity contribution in [2.24, 2.45) is 7.05 Å². The van der Waals surface area contributed by atoms with Crippen LogP contribution in [0, 0.1) is 0 Å². The average Bonchev–Trinajstić information content (AvgIpc) is 3.37. The first kappa shape index (κ1) is 18.1. The zero-order chi connectivity index (χ0) is 18.9. The van der Waals surface area contributed by atoms with Gasteiger partial charge in [0.05, 0.1) is 11.4 Å². The highest BCUT2D eigenvalue weighted by molar-refractivity contribution is 6.00. The number of rotatable bonds is 3. The first-order valence-electron chi connectivity index (χ1n) is 8.65. The molecule has 0 aliphatic heterocycles. The van der Waals surface area contributed by atoms with E-state index in [9.17, 15) is 4.79 Å². The fourth-order valence-electron chi connectivity index (χ4n) is 2.53. The van der Waals surface area contributed by atoms with E-state index in [0.717, 1.165) is 17.1 Å². The van der Waals surface area contributed by atoms with Crippen LogP contribution in [0.1, 0.15) is 0 Å². The minimum Gasteiger partial charge on any atom is -0.357 e. The normalized spacial score (nSPS) is 9.81. The fourth-order valence-corrected chi connectivity index (χ4v) is 2.53. The number of carbonyl (C=O) groups excluding carboxylic acids is 1. The Kier molecular flexibility index (Phi) is 6.09. The van der Waals surface area contributed by atoms with Crippen LogP contribution in [0.15, 0.2) is 104 Å². The van der Waals surface area contributed by atoms with Crippen LogP contribution in [0.2, 0.25) is 0 Å². The Morgan fingerprint density at radius 3 is 1.93 bits per heavy atom. The van der Waals surface area contributed by atoms with Crippen LogP contribution in [0.4, 0.5) is 16.2 Å². The summed E-state index contributed by atoms with van der Waals surface area (Å²) in [5.41, 5.74) is 2.43. The van der Waals surface area contributed by atoms with Gasteiger partial charge in [-0.2, -0.15) is 0 Å². The number of amides is 2. The van der Waals surface area contributed by atoms with Crippen LogP contribution in [0.25, 0.3) is 5.69 Å². The Morgan fingerprint density at radius 1 is 0.704 bits per heavy atom. The lowest BCUT2D eigenvalue weighted by molar-refractivity contribution is 0.262. The van der Waals surface area contributed by atoms with Gasteiger partial charge < -0.3 is 19.8 Å². The Labute approximate surface area is 158 Å². The van der Waals surface area contributed by atoms with E-state index in [2.05, 4.69) is 10.6 Å². The number of hydrogen-bond donors (Lipinski definition) is 2. The Hall–Kier alpha value is -3.73. The molecule has 5 heteroatoms. The van der Waals surface area contributed by atoms with Gasteiger partial charge in [0.2, 0.25) is 0 Å². The number of aryl methyl sites for hydroxylation is 1. The van der Waals surface area contributed by atoms with Crippen LogP contribution in [-0.4, -0.2) is 15.2 Å². The lowest BCUT2D eigenvalue weighted by Gasteiger charge is -2.12. The molecule has 0 atom stereocenters. The van der Waals surface area contributed by atoms with Gasteiger partial charge in [0.1, 0.15) is 0 Å². The molecule has 2 N–H and O–H groups in total. The number of anilines is 2. The highest BCUT2D eigenvalue weighted by Gasteiger charge is 2.07. The molecule has 2 amide bonds. The Morgan fingerprint density at radius 2 is 1.30 bits per heavy atom. The lowest BCUT2D eigenvalue weighted by Crippen LogP contribution is -2.20. The second-order valence-electron chi connectivity index (χ2n) is 5.90. The molecule has 4 aromatic rings. The number of benzene rings is 2. The summed E-state index contributed by atoms with van der Waals surface area (Å²) in [6.45, 7) is 0. The summed E-state index contributed by atoms with van der Waals surface area (Å²) in [6, 6.07) is 24.6. The molecule has 0 saturated carbocycles. The maximum Gasteiger partial charge on any atom is 0.323 e.